The fraction of sp³-hybridized carbons (Fsp3) is 0.621. The monoisotopic (exact) mass is 621 g/mol. The van der Waals surface area contributed by atoms with Crippen molar-refractivity contribution in [2.45, 2.75) is 108 Å². The van der Waals surface area contributed by atoms with Crippen LogP contribution in [0.2, 0.25) is 0 Å². The number of carbonyl (C=O) groups excluding carboxylic acids is 1. The molecule has 2 heterocycles. The average Bonchev–Trinajstić information content (AvgIpc) is 3.59. The number of rotatable bonds is 9. The molecule has 13 heteroatoms. The van der Waals surface area contributed by atoms with Crippen LogP contribution in [0.3, 0.4) is 0 Å². The first-order valence-corrected chi connectivity index (χ1v) is 16.9. The number of hydrogen-bond acceptors (Lipinski definition) is 8. The molecule has 4 N–H and O–H groups in total. The second kappa shape index (κ2) is 13.3. The summed E-state index contributed by atoms with van der Waals surface area (Å²) in [5, 5.41) is 16.5. The third-order valence-electron chi connectivity index (χ3n) is 7.54. The van der Waals surface area contributed by atoms with E-state index in [9.17, 15) is 23.1 Å². The summed E-state index contributed by atoms with van der Waals surface area (Å²) in [5.74, 6) is 0.181. The van der Waals surface area contributed by atoms with Crippen LogP contribution in [0.15, 0.2) is 29.3 Å². The SMILES string of the molecule is CC(C)N(C(=O)O)C1CCC(c2ncc(-c3ccc(NC(=O)OCC4CCCN4)cc3S(=O)(=O)NC(C)(C)C)s2)CC1. The molecular weight excluding hydrogens is 578 g/mol. The molecule has 1 saturated carbocycles. The molecule has 2 aliphatic rings. The number of thiazole rings is 1. The van der Waals surface area contributed by atoms with E-state index in [-0.39, 0.29) is 35.5 Å². The Morgan fingerprint density at radius 2 is 1.90 bits per heavy atom. The lowest BCUT2D eigenvalue weighted by Gasteiger charge is -2.37. The number of carbonyl (C=O) groups is 2. The second-order valence-electron chi connectivity index (χ2n) is 12.4. The van der Waals surface area contributed by atoms with Crippen molar-refractivity contribution in [3.05, 3.63) is 29.4 Å². The van der Waals surface area contributed by atoms with Crippen LogP contribution in [0.25, 0.3) is 10.4 Å². The van der Waals surface area contributed by atoms with E-state index in [4.69, 9.17) is 4.74 Å². The van der Waals surface area contributed by atoms with E-state index in [0.29, 0.717) is 16.1 Å². The zero-order valence-electron chi connectivity index (χ0n) is 25.0. The van der Waals surface area contributed by atoms with E-state index < -0.39 is 27.7 Å². The van der Waals surface area contributed by atoms with Crippen molar-refractivity contribution in [1.82, 2.24) is 19.9 Å². The Morgan fingerprint density at radius 1 is 1.19 bits per heavy atom. The summed E-state index contributed by atoms with van der Waals surface area (Å²) in [6, 6.07) is 4.84. The molecule has 1 aromatic carbocycles. The Balaban J connectivity index is 1.54. The molecule has 0 spiro atoms. The normalized spacial score (nSPS) is 21.3. The summed E-state index contributed by atoms with van der Waals surface area (Å²) in [4.78, 5) is 31.2. The molecule has 1 saturated heterocycles. The zero-order chi connectivity index (χ0) is 30.7. The van der Waals surface area contributed by atoms with Crippen molar-refractivity contribution in [3.8, 4) is 10.4 Å². The van der Waals surface area contributed by atoms with Gasteiger partial charge in [-0.15, -0.1) is 11.3 Å². The topological polar surface area (TPSA) is 150 Å². The van der Waals surface area contributed by atoms with Gasteiger partial charge in [-0.1, -0.05) is 6.07 Å². The lowest BCUT2D eigenvalue weighted by atomic mass is 9.85. The molecule has 2 fully saturated rings. The second-order valence-corrected chi connectivity index (χ2v) is 15.1. The third kappa shape index (κ3) is 8.21. The Hall–Kier alpha value is -2.74. The lowest BCUT2D eigenvalue weighted by Crippen LogP contribution is -2.45. The summed E-state index contributed by atoms with van der Waals surface area (Å²) >= 11 is 1.45. The summed E-state index contributed by atoms with van der Waals surface area (Å²) in [5.41, 5.74) is 0.0908. The molecule has 42 heavy (non-hydrogen) atoms. The highest BCUT2D eigenvalue weighted by atomic mass is 32.2. The number of nitrogens with zero attached hydrogens (tertiary/aromatic N) is 2. The summed E-state index contributed by atoms with van der Waals surface area (Å²) < 4.78 is 35.2. The van der Waals surface area contributed by atoms with E-state index in [0.717, 1.165) is 50.1 Å². The third-order valence-corrected chi connectivity index (χ3v) is 10.5. The molecular formula is C29H43N5O6S2. The maximum atomic E-state index is 13.6. The molecule has 0 radical (unpaired) electrons. The molecule has 2 aromatic rings. The Morgan fingerprint density at radius 3 is 2.50 bits per heavy atom. The molecule has 0 bridgehead atoms. The number of amides is 2. The predicted octanol–water partition coefficient (Wildman–Crippen LogP) is 5.60. The Kier molecular flexibility index (Phi) is 10.2. The van der Waals surface area contributed by atoms with Crippen LogP contribution < -0.4 is 15.4 Å². The molecule has 1 unspecified atom stereocenters. The van der Waals surface area contributed by atoms with Gasteiger partial charge in [-0.05, 0) is 91.8 Å². The van der Waals surface area contributed by atoms with E-state index in [1.807, 2.05) is 13.8 Å². The summed E-state index contributed by atoms with van der Waals surface area (Å²) in [7, 11) is -3.96. The maximum absolute atomic E-state index is 13.6. The van der Waals surface area contributed by atoms with Gasteiger partial charge in [0.15, 0.2) is 0 Å². The fourth-order valence-electron chi connectivity index (χ4n) is 5.71. The number of anilines is 1. The average molecular weight is 622 g/mol. The smallest absolute Gasteiger partial charge is 0.411 e. The minimum atomic E-state index is -3.96. The highest BCUT2D eigenvalue weighted by Gasteiger charge is 2.32. The quantitative estimate of drug-likeness (QED) is 0.283. The fourth-order valence-corrected chi connectivity index (χ4v) is 8.57. The number of carboxylic acid groups (broad SMARTS) is 1. The first-order valence-electron chi connectivity index (χ1n) is 14.6. The number of ether oxygens (including phenoxy) is 1. The lowest BCUT2D eigenvalue weighted by molar-refractivity contribution is 0.0906. The summed E-state index contributed by atoms with van der Waals surface area (Å²) in [6.07, 6.45) is 5.29. The van der Waals surface area contributed by atoms with Crippen molar-refractivity contribution in [3.63, 3.8) is 0 Å². The first kappa shape index (κ1) is 32.2. The number of benzene rings is 1. The molecule has 1 aromatic heterocycles. The van der Waals surface area contributed by atoms with Crippen LogP contribution in [0.1, 0.15) is 84.1 Å². The van der Waals surface area contributed by atoms with E-state index in [1.54, 1.807) is 44.0 Å². The van der Waals surface area contributed by atoms with E-state index >= 15 is 0 Å². The van der Waals surface area contributed by atoms with E-state index in [1.165, 1.54) is 17.4 Å². The molecule has 2 amide bonds. The van der Waals surface area contributed by atoms with Crippen molar-refractivity contribution in [2.24, 2.45) is 0 Å². The van der Waals surface area contributed by atoms with Crippen LogP contribution >= 0.6 is 11.3 Å². The standard InChI is InChI=1S/C29H43N5O6S2/c1-18(2)34(28(36)37)22-11-8-19(9-12-22)26-31-16-24(41-26)23-13-10-20(15-25(23)42(38,39)33-29(3,4)5)32-27(35)40-17-21-7-6-14-30-21/h10,13,15-16,18-19,21-22,30,33H,6-9,11-12,14,17H2,1-5H3,(H,32,35)(H,36,37). The molecule has 232 valence electrons. The van der Waals surface area contributed by atoms with Gasteiger partial charge in [0.25, 0.3) is 0 Å². The van der Waals surface area contributed by atoms with Gasteiger partial charge in [-0.2, -0.15) is 0 Å². The van der Waals surface area contributed by atoms with Crippen LogP contribution in [-0.2, 0) is 14.8 Å². The van der Waals surface area contributed by atoms with Crippen LogP contribution in [-0.4, -0.2) is 72.4 Å². The minimum absolute atomic E-state index is 0.0143. The largest absolute Gasteiger partial charge is 0.465 e. The first-order chi connectivity index (χ1) is 19.7. The van der Waals surface area contributed by atoms with Crippen molar-refractivity contribution in [1.29, 1.82) is 0 Å². The van der Waals surface area contributed by atoms with Crippen molar-refractivity contribution < 1.29 is 27.9 Å². The van der Waals surface area contributed by atoms with Crippen LogP contribution in [0.4, 0.5) is 15.3 Å². The molecule has 1 aliphatic carbocycles. The van der Waals surface area contributed by atoms with Gasteiger partial charge in [0.2, 0.25) is 10.0 Å². The van der Waals surface area contributed by atoms with Crippen LogP contribution in [0, 0.1) is 0 Å². The van der Waals surface area contributed by atoms with Gasteiger partial charge >= 0.3 is 12.2 Å². The molecule has 1 atom stereocenters. The van der Waals surface area contributed by atoms with Crippen LogP contribution in [0.5, 0.6) is 0 Å². The van der Waals surface area contributed by atoms with Gasteiger partial charge in [0.1, 0.15) is 6.61 Å². The van der Waals surface area contributed by atoms with Crippen molar-refractivity contribution in [2.75, 3.05) is 18.5 Å². The highest BCUT2D eigenvalue weighted by Crippen LogP contribution is 2.41. The summed E-state index contributed by atoms with van der Waals surface area (Å²) in [6.45, 7) is 10.3. The Bertz CT molecular complexity index is 1360. The van der Waals surface area contributed by atoms with Gasteiger partial charge < -0.3 is 20.1 Å². The van der Waals surface area contributed by atoms with Crippen molar-refractivity contribution >= 4 is 39.2 Å². The Labute approximate surface area is 252 Å². The molecule has 1 aliphatic heterocycles. The van der Waals surface area contributed by atoms with E-state index in [2.05, 4.69) is 20.3 Å². The van der Waals surface area contributed by atoms with Gasteiger partial charge in [-0.25, -0.2) is 27.7 Å². The number of aromatic nitrogens is 1. The van der Waals surface area contributed by atoms with Gasteiger partial charge in [-0.3, -0.25) is 5.32 Å². The number of sulfonamides is 1. The molecule has 11 nitrogen and oxygen atoms in total. The number of nitrogens with one attached hydrogen (secondary N) is 3. The van der Waals surface area contributed by atoms with Gasteiger partial charge in [0, 0.05) is 47.0 Å². The zero-order valence-corrected chi connectivity index (χ0v) is 26.6. The van der Waals surface area contributed by atoms with Gasteiger partial charge in [0.05, 0.1) is 14.8 Å². The highest BCUT2D eigenvalue weighted by molar-refractivity contribution is 7.89. The predicted molar refractivity (Wildman–Crippen MR) is 164 cm³/mol. The maximum Gasteiger partial charge on any atom is 0.411 e. The molecule has 4 rings (SSSR count). The minimum Gasteiger partial charge on any atom is -0.465 e. The number of hydrogen-bond donors (Lipinski definition) is 4.